The average Bonchev–Trinajstić information content (AvgIpc) is 2.85. The van der Waals surface area contributed by atoms with Gasteiger partial charge in [0.1, 0.15) is 0 Å². The van der Waals surface area contributed by atoms with Gasteiger partial charge in [-0.15, -0.1) is 0 Å². The summed E-state index contributed by atoms with van der Waals surface area (Å²) >= 11 is 0. The van der Waals surface area contributed by atoms with E-state index in [4.69, 9.17) is 4.74 Å². The quantitative estimate of drug-likeness (QED) is 0.640. The number of anilines is 1. The first-order valence-corrected chi connectivity index (χ1v) is 11.4. The van der Waals surface area contributed by atoms with Gasteiger partial charge in [0.05, 0.1) is 5.92 Å². The molecule has 170 valence electrons. The van der Waals surface area contributed by atoms with Crippen LogP contribution in [0, 0.1) is 5.92 Å². The number of hydrogen-bond acceptors (Lipinski definition) is 7. The lowest BCUT2D eigenvalue weighted by Crippen LogP contribution is -2.51. The molecule has 32 heavy (non-hydrogen) atoms. The van der Waals surface area contributed by atoms with E-state index in [2.05, 4.69) is 31.9 Å². The molecule has 8 nitrogen and oxygen atoms in total. The third-order valence-corrected chi connectivity index (χ3v) is 6.24. The van der Waals surface area contributed by atoms with Crippen LogP contribution in [0.5, 0.6) is 0 Å². The van der Waals surface area contributed by atoms with Crippen LogP contribution in [-0.4, -0.2) is 77.0 Å². The molecule has 2 fully saturated rings. The second-order valence-electron chi connectivity index (χ2n) is 8.48. The number of benzene rings is 1. The summed E-state index contributed by atoms with van der Waals surface area (Å²) in [6.45, 7) is 6.93. The molecule has 0 spiro atoms. The van der Waals surface area contributed by atoms with E-state index in [1.165, 1.54) is 5.56 Å². The predicted molar refractivity (Wildman–Crippen MR) is 121 cm³/mol. The van der Waals surface area contributed by atoms with E-state index in [-0.39, 0.29) is 17.8 Å². The maximum atomic E-state index is 12.8. The summed E-state index contributed by atoms with van der Waals surface area (Å²) in [5.41, 5.74) is 1.28. The third kappa shape index (κ3) is 5.62. The molecule has 2 aliphatic rings. The lowest BCUT2D eigenvalue weighted by Gasteiger charge is -2.36. The highest BCUT2D eigenvalue weighted by atomic mass is 16.5. The van der Waals surface area contributed by atoms with Gasteiger partial charge in [-0.2, -0.15) is 0 Å². The molecule has 4 rings (SSSR count). The molecule has 2 aromatic rings. The summed E-state index contributed by atoms with van der Waals surface area (Å²) in [6.07, 6.45) is 4.04. The first-order valence-electron chi connectivity index (χ1n) is 11.4. The SMILES string of the molecule is CC(OC(=O)C1CCN(c2ncccn2)CC1)C(=O)N1CCN(Cc2ccccc2)CC1. The van der Waals surface area contributed by atoms with Crippen molar-refractivity contribution in [3.05, 3.63) is 54.4 Å². The molecule has 1 atom stereocenters. The Bertz CT molecular complexity index is 879. The number of nitrogens with zero attached hydrogens (tertiary/aromatic N) is 5. The number of aromatic nitrogens is 2. The first kappa shape index (κ1) is 22.2. The summed E-state index contributed by atoms with van der Waals surface area (Å²) in [6, 6.07) is 12.1. The van der Waals surface area contributed by atoms with Crippen molar-refractivity contribution in [1.29, 1.82) is 0 Å². The molecule has 0 radical (unpaired) electrons. The smallest absolute Gasteiger partial charge is 0.309 e. The van der Waals surface area contributed by atoms with Crippen LogP contribution in [0.3, 0.4) is 0 Å². The monoisotopic (exact) mass is 437 g/mol. The molecule has 1 aromatic carbocycles. The van der Waals surface area contributed by atoms with Crippen molar-refractivity contribution in [2.75, 3.05) is 44.2 Å². The van der Waals surface area contributed by atoms with Gasteiger partial charge in [-0.25, -0.2) is 9.97 Å². The van der Waals surface area contributed by atoms with Crippen LogP contribution in [0.2, 0.25) is 0 Å². The van der Waals surface area contributed by atoms with Gasteiger partial charge in [0, 0.05) is 58.2 Å². The van der Waals surface area contributed by atoms with Gasteiger partial charge in [0.2, 0.25) is 5.95 Å². The number of esters is 1. The Labute approximate surface area is 189 Å². The van der Waals surface area contributed by atoms with Gasteiger partial charge in [-0.3, -0.25) is 14.5 Å². The predicted octanol–water partition coefficient (Wildman–Crippen LogP) is 1.97. The van der Waals surface area contributed by atoms with Gasteiger partial charge >= 0.3 is 5.97 Å². The van der Waals surface area contributed by atoms with Gasteiger partial charge in [0.25, 0.3) is 5.91 Å². The van der Waals surface area contributed by atoms with E-state index in [0.717, 1.165) is 19.6 Å². The Morgan fingerprint density at radius 2 is 1.62 bits per heavy atom. The number of carbonyl (C=O) groups excluding carboxylic acids is 2. The fourth-order valence-electron chi connectivity index (χ4n) is 4.32. The maximum Gasteiger partial charge on any atom is 0.309 e. The Morgan fingerprint density at radius 1 is 0.969 bits per heavy atom. The standard InChI is InChI=1S/C24H31N5O3/c1-19(22(30)28-16-14-27(15-17-28)18-20-6-3-2-4-7-20)32-23(31)21-8-12-29(13-9-21)24-25-10-5-11-26-24/h2-7,10-11,19,21H,8-9,12-18H2,1H3. The topological polar surface area (TPSA) is 78.9 Å². The molecular formula is C24H31N5O3. The molecule has 3 heterocycles. The summed E-state index contributed by atoms with van der Waals surface area (Å²) in [7, 11) is 0. The summed E-state index contributed by atoms with van der Waals surface area (Å²) < 4.78 is 5.57. The summed E-state index contributed by atoms with van der Waals surface area (Å²) in [5, 5.41) is 0. The lowest BCUT2D eigenvalue weighted by atomic mass is 9.97. The normalized spacial score (nSPS) is 18.9. The molecule has 2 aliphatic heterocycles. The summed E-state index contributed by atoms with van der Waals surface area (Å²) in [5.74, 6) is 0.122. The van der Waals surface area contributed by atoms with Gasteiger partial charge in [-0.1, -0.05) is 30.3 Å². The van der Waals surface area contributed by atoms with Crippen molar-refractivity contribution in [1.82, 2.24) is 19.8 Å². The molecule has 1 unspecified atom stereocenters. The van der Waals surface area contributed by atoms with E-state index < -0.39 is 6.10 Å². The van der Waals surface area contributed by atoms with Crippen LogP contribution in [0.15, 0.2) is 48.8 Å². The Morgan fingerprint density at radius 3 is 2.28 bits per heavy atom. The second-order valence-corrected chi connectivity index (χ2v) is 8.48. The zero-order valence-electron chi connectivity index (χ0n) is 18.6. The largest absolute Gasteiger partial charge is 0.452 e. The van der Waals surface area contributed by atoms with Crippen LogP contribution >= 0.6 is 0 Å². The van der Waals surface area contributed by atoms with Crippen molar-refractivity contribution < 1.29 is 14.3 Å². The summed E-state index contributed by atoms with van der Waals surface area (Å²) in [4.78, 5) is 40.2. The number of rotatable bonds is 6. The van der Waals surface area contributed by atoms with E-state index in [0.29, 0.717) is 45.0 Å². The van der Waals surface area contributed by atoms with Crippen molar-refractivity contribution in [2.45, 2.75) is 32.4 Å². The Kier molecular flexibility index (Phi) is 7.32. The Hall–Kier alpha value is -3.00. The first-order chi connectivity index (χ1) is 15.6. The minimum atomic E-state index is -0.751. The number of piperazine rings is 1. The molecule has 8 heteroatoms. The number of hydrogen-bond donors (Lipinski definition) is 0. The van der Waals surface area contributed by atoms with Gasteiger partial charge in [-0.05, 0) is 31.4 Å². The number of ether oxygens (including phenoxy) is 1. The molecule has 1 aromatic heterocycles. The van der Waals surface area contributed by atoms with E-state index in [1.54, 1.807) is 25.4 Å². The fraction of sp³-hybridized carbons (Fsp3) is 0.500. The van der Waals surface area contributed by atoms with Crippen LogP contribution in [0.25, 0.3) is 0 Å². The van der Waals surface area contributed by atoms with Gasteiger partial charge in [0.15, 0.2) is 6.10 Å². The van der Waals surface area contributed by atoms with Crippen molar-refractivity contribution >= 4 is 17.8 Å². The number of carbonyl (C=O) groups is 2. The average molecular weight is 438 g/mol. The van der Waals surface area contributed by atoms with E-state index in [9.17, 15) is 9.59 Å². The zero-order chi connectivity index (χ0) is 22.3. The van der Waals surface area contributed by atoms with Crippen LogP contribution in [0.4, 0.5) is 5.95 Å². The minimum absolute atomic E-state index is 0.104. The maximum absolute atomic E-state index is 12.8. The fourth-order valence-corrected chi connectivity index (χ4v) is 4.32. The van der Waals surface area contributed by atoms with Crippen LogP contribution in [-0.2, 0) is 20.9 Å². The molecule has 1 amide bonds. The number of amides is 1. The van der Waals surface area contributed by atoms with E-state index >= 15 is 0 Å². The molecule has 0 N–H and O–H groups in total. The van der Waals surface area contributed by atoms with E-state index in [1.807, 2.05) is 23.1 Å². The third-order valence-electron chi connectivity index (χ3n) is 6.24. The molecule has 2 saturated heterocycles. The van der Waals surface area contributed by atoms with Gasteiger partial charge < -0.3 is 14.5 Å². The number of piperidine rings is 1. The highest BCUT2D eigenvalue weighted by molar-refractivity contribution is 5.84. The van der Waals surface area contributed by atoms with Crippen LogP contribution in [0.1, 0.15) is 25.3 Å². The van der Waals surface area contributed by atoms with Crippen molar-refractivity contribution in [3.63, 3.8) is 0 Å². The lowest BCUT2D eigenvalue weighted by molar-refractivity contribution is -0.163. The zero-order valence-corrected chi connectivity index (χ0v) is 18.6. The Balaban J connectivity index is 1.20. The highest BCUT2D eigenvalue weighted by Gasteiger charge is 2.32. The molecule has 0 saturated carbocycles. The molecule has 0 bridgehead atoms. The van der Waals surface area contributed by atoms with Crippen molar-refractivity contribution in [2.24, 2.45) is 5.92 Å². The van der Waals surface area contributed by atoms with Crippen molar-refractivity contribution in [3.8, 4) is 0 Å². The molecular weight excluding hydrogens is 406 g/mol. The van der Waals surface area contributed by atoms with Crippen LogP contribution < -0.4 is 4.90 Å². The highest BCUT2D eigenvalue weighted by Crippen LogP contribution is 2.22. The molecule has 0 aliphatic carbocycles. The minimum Gasteiger partial charge on any atom is -0.452 e. The second kappa shape index (κ2) is 10.5.